The van der Waals surface area contributed by atoms with Crippen LogP contribution in [-0.4, -0.2) is 46.7 Å². The van der Waals surface area contributed by atoms with Crippen LogP contribution < -0.4 is 0 Å². The van der Waals surface area contributed by atoms with Gasteiger partial charge in [0.1, 0.15) is 11.8 Å². The van der Waals surface area contributed by atoms with Gasteiger partial charge in [0.05, 0.1) is 12.1 Å². The quantitative estimate of drug-likeness (QED) is 0.740. The van der Waals surface area contributed by atoms with Gasteiger partial charge < -0.3 is 14.3 Å². The lowest BCUT2D eigenvalue weighted by molar-refractivity contribution is -0.189. The number of hydrogen-bond donors (Lipinski definition) is 0. The van der Waals surface area contributed by atoms with Crippen LogP contribution in [0.15, 0.2) is 46.7 Å². The van der Waals surface area contributed by atoms with Gasteiger partial charge in [-0.3, -0.25) is 9.78 Å². The number of oxime groups is 1. The SMILES string of the molecule is CC(C)[C@@]1(C2=NC3CC(=O)OC3(CF)O2)CC(c2nccc3ccccc23)=NO1. The maximum Gasteiger partial charge on any atom is 0.311 e. The van der Waals surface area contributed by atoms with Gasteiger partial charge in [-0.25, -0.2) is 9.38 Å². The molecule has 0 spiro atoms. The van der Waals surface area contributed by atoms with Gasteiger partial charge in [-0.1, -0.05) is 43.3 Å². The van der Waals surface area contributed by atoms with E-state index in [1.54, 1.807) is 6.20 Å². The first-order valence-electron chi connectivity index (χ1n) is 9.62. The van der Waals surface area contributed by atoms with Gasteiger partial charge in [-0.05, 0) is 11.5 Å². The number of alkyl halides is 1. The molecule has 7 nitrogen and oxygen atoms in total. The molecule has 3 atom stereocenters. The second-order valence-corrected chi connectivity index (χ2v) is 7.91. The predicted octanol–water partition coefficient (Wildman–Crippen LogP) is 3.16. The molecule has 2 aromatic rings. The van der Waals surface area contributed by atoms with Gasteiger partial charge in [0, 0.05) is 23.9 Å². The van der Waals surface area contributed by atoms with E-state index in [2.05, 4.69) is 15.1 Å². The first kappa shape index (κ1) is 18.0. The van der Waals surface area contributed by atoms with E-state index in [1.807, 2.05) is 44.2 Å². The summed E-state index contributed by atoms with van der Waals surface area (Å²) in [4.78, 5) is 26.6. The van der Waals surface area contributed by atoms with Crippen molar-refractivity contribution in [2.24, 2.45) is 16.1 Å². The lowest BCUT2D eigenvalue weighted by Gasteiger charge is -2.32. The zero-order valence-corrected chi connectivity index (χ0v) is 16.1. The molecule has 0 radical (unpaired) electrons. The molecular formula is C21H20FN3O4. The van der Waals surface area contributed by atoms with Crippen LogP contribution in [0.25, 0.3) is 10.8 Å². The van der Waals surface area contributed by atoms with Crippen molar-refractivity contribution in [3.63, 3.8) is 0 Å². The number of aliphatic imine (C=N–C) groups is 1. The number of fused-ring (bicyclic) bond motifs is 2. The Kier molecular flexibility index (Phi) is 3.88. The Labute approximate surface area is 166 Å². The van der Waals surface area contributed by atoms with Crippen molar-refractivity contribution >= 4 is 28.4 Å². The van der Waals surface area contributed by atoms with Gasteiger partial charge >= 0.3 is 11.8 Å². The Bertz CT molecular complexity index is 1060. The minimum Gasteiger partial charge on any atom is -0.430 e. The number of rotatable bonds is 4. The minimum absolute atomic E-state index is 0.0137. The van der Waals surface area contributed by atoms with Crippen LogP contribution in [0.5, 0.6) is 0 Å². The summed E-state index contributed by atoms with van der Waals surface area (Å²) in [6, 6.07) is 9.14. The Morgan fingerprint density at radius 1 is 1.24 bits per heavy atom. The van der Waals surface area contributed by atoms with Gasteiger partial charge in [0.25, 0.3) is 0 Å². The third-order valence-corrected chi connectivity index (χ3v) is 5.87. The van der Waals surface area contributed by atoms with E-state index in [1.165, 1.54) is 0 Å². The van der Waals surface area contributed by atoms with E-state index in [4.69, 9.17) is 14.3 Å². The summed E-state index contributed by atoms with van der Waals surface area (Å²) >= 11 is 0. The standard InChI is InChI=1S/C21H20FN3O4/c1-12(2)20(19-24-16-9-17(26)27-21(16,11-22)28-19)10-15(25-29-20)18-14-6-4-3-5-13(14)7-8-23-18/h3-8,12,16H,9-11H2,1-2H3/t16?,20-,21?/m1/s1. The van der Waals surface area contributed by atoms with Crippen molar-refractivity contribution in [2.75, 3.05) is 6.67 Å². The van der Waals surface area contributed by atoms with E-state index in [-0.39, 0.29) is 18.2 Å². The largest absolute Gasteiger partial charge is 0.430 e. The Balaban J connectivity index is 1.51. The van der Waals surface area contributed by atoms with Crippen LogP contribution >= 0.6 is 0 Å². The molecule has 29 heavy (non-hydrogen) atoms. The number of carbonyl (C=O) groups is 1. The summed E-state index contributed by atoms with van der Waals surface area (Å²) < 4.78 is 24.7. The lowest BCUT2D eigenvalue weighted by Crippen LogP contribution is -2.48. The van der Waals surface area contributed by atoms with Crippen LogP contribution in [-0.2, 0) is 19.1 Å². The average molecular weight is 397 g/mol. The molecular weight excluding hydrogens is 377 g/mol. The fourth-order valence-corrected chi connectivity index (χ4v) is 4.12. The number of aromatic nitrogens is 1. The number of benzene rings is 1. The Morgan fingerprint density at radius 2 is 2.07 bits per heavy atom. The monoisotopic (exact) mass is 397 g/mol. The van der Waals surface area contributed by atoms with Crippen LogP contribution in [0, 0.1) is 5.92 Å². The maximum atomic E-state index is 13.8. The normalized spacial score (nSPS) is 30.6. The van der Waals surface area contributed by atoms with Crippen LogP contribution in [0.3, 0.4) is 0 Å². The number of hydrogen-bond acceptors (Lipinski definition) is 7. The average Bonchev–Trinajstić information content (AvgIpc) is 3.38. The van der Waals surface area contributed by atoms with Crippen LogP contribution in [0.1, 0.15) is 32.4 Å². The molecule has 1 aromatic carbocycles. The smallest absolute Gasteiger partial charge is 0.311 e. The molecule has 8 heteroatoms. The molecule has 150 valence electrons. The van der Waals surface area contributed by atoms with Crippen LogP contribution in [0.2, 0.25) is 0 Å². The zero-order chi connectivity index (χ0) is 20.2. The fourth-order valence-electron chi connectivity index (χ4n) is 4.12. The highest BCUT2D eigenvalue weighted by molar-refractivity contribution is 6.12. The molecule has 2 unspecified atom stereocenters. The molecule has 0 N–H and O–H groups in total. The van der Waals surface area contributed by atoms with Crippen molar-refractivity contribution in [3.8, 4) is 0 Å². The highest BCUT2D eigenvalue weighted by atomic mass is 19.1. The van der Waals surface area contributed by atoms with E-state index in [0.29, 0.717) is 12.1 Å². The van der Waals surface area contributed by atoms with E-state index in [0.717, 1.165) is 16.5 Å². The summed E-state index contributed by atoms with van der Waals surface area (Å²) in [5, 5.41) is 6.34. The molecule has 0 bridgehead atoms. The van der Waals surface area contributed by atoms with E-state index in [9.17, 15) is 9.18 Å². The summed E-state index contributed by atoms with van der Waals surface area (Å²) in [6.45, 7) is 2.95. The summed E-state index contributed by atoms with van der Waals surface area (Å²) in [6.07, 6.45) is 2.09. The Morgan fingerprint density at radius 3 is 2.83 bits per heavy atom. The highest BCUT2D eigenvalue weighted by Crippen LogP contribution is 2.44. The van der Waals surface area contributed by atoms with E-state index >= 15 is 0 Å². The third kappa shape index (κ3) is 2.54. The Hall–Kier alpha value is -3.03. The molecule has 0 amide bonds. The number of pyridine rings is 1. The number of ether oxygens (including phenoxy) is 2. The molecule has 0 saturated carbocycles. The zero-order valence-electron chi connectivity index (χ0n) is 16.1. The molecule has 3 aliphatic heterocycles. The molecule has 5 rings (SSSR count). The van der Waals surface area contributed by atoms with Gasteiger partial charge in [-0.15, -0.1) is 0 Å². The highest BCUT2D eigenvalue weighted by Gasteiger charge is 2.62. The van der Waals surface area contributed by atoms with Crippen molar-refractivity contribution in [3.05, 3.63) is 42.2 Å². The number of nitrogens with zero attached hydrogens (tertiary/aromatic N) is 3. The summed E-state index contributed by atoms with van der Waals surface area (Å²) in [7, 11) is 0. The predicted molar refractivity (Wildman–Crippen MR) is 103 cm³/mol. The van der Waals surface area contributed by atoms with Crippen LogP contribution in [0.4, 0.5) is 4.39 Å². The number of esters is 1. The molecule has 3 aliphatic rings. The summed E-state index contributed by atoms with van der Waals surface area (Å²) in [5.41, 5.74) is 0.397. The molecule has 1 saturated heterocycles. The lowest BCUT2D eigenvalue weighted by atomic mass is 9.84. The van der Waals surface area contributed by atoms with Gasteiger partial charge in [0.2, 0.25) is 11.5 Å². The second kappa shape index (κ2) is 6.23. The van der Waals surface area contributed by atoms with Gasteiger partial charge in [0.15, 0.2) is 6.67 Å². The minimum atomic E-state index is -1.68. The van der Waals surface area contributed by atoms with Gasteiger partial charge in [-0.2, -0.15) is 0 Å². The second-order valence-electron chi connectivity index (χ2n) is 7.91. The first-order chi connectivity index (χ1) is 14.0. The first-order valence-corrected chi connectivity index (χ1v) is 9.62. The summed E-state index contributed by atoms with van der Waals surface area (Å²) in [5.74, 6) is -2.05. The number of halogens is 1. The topological polar surface area (TPSA) is 82.4 Å². The van der Waals surface area contributed by atoms with E-state index < -0.39 is 30.1 Å². The van der Waals surface area contributed by atoms with Crippen molar-refractivity contribution in [2.45, 2.75) is 44.1 Å². The van der Waals surface area contributed by atoms with Crippen molar-refractivity contribution in [1.29, 1.82) is 0 Å². The molecule has 4 heterocycles. The molecule has 0 aliphatic carbocycles. The van der Waals surface area contributed by atoms with Crippen molar-refractivity contribution in [1.82, 2.24) is 4.98 Å². The maximum absolute atomic E-state index is 13.8. The molecule has 1 aromatic heterocycles. The molecule has 1 fully saturated rings. The fraction of sp³-hybridized carbons (Fsp3) is 0.429. The third-order valence-electron chi connectivity index (χ3n) is 5.87. The number of carbonyl (C=O) groups excluding carboxylic acids is 1. The van der Waals surface area contributed by atoms with Crippen molar-refractivity contribution < 1.29 is 23.5 Å².